The lowest BCUT2D eigenvalue weighted by Gasteiger charge is -2.36. The smallest absolute Gasteiger partial charge is 0.317 e. The molecule has 4 rings (SSSR count). The van der Waals surface area contributed by atoms with Gasteiger partial charge in [0.2, 0.25) is 0 Å². The highest BCUT2D eigenvalue weighted by Gasteiger charge is 2.21. The van der Waals surface area contributed by atoms with Gasteiger partial charge in [0.15, 0.2) is 0 Å². The van der Waals surface area contributed by atoms with Gasteiger partial charge >= 0.3 is 6.03 Å². The van der Waals surface area contributed by atoms with Crippen molar-refractivity contribution in [2.24, 2.45) is 0 Å². The number of urea groups is 1. The Morgan fingerprint density at radius 1 is 0.786 bits per heavy atom. The third-order valence-corrected chi connectivity index (χ3v) is 5.44. The van der Waals surface area contributed by atoms with Crippen LogP contribution in [-0.2, 0) is 11.3 Å². The number of amides is 2. The largest absolute Gasteiger partial charge is 0.378 e. The summed E-state index contributed by atoms with van der Waals surface area (Å²) in [7, 11) is 0. The molecule has 6 nitrogen and oxygen atoms in total. The van der Waals surface area contributed by atoms with Crippen LogP contribution in [0.2, 0.25) is 0 Å². The normalized spacial score (nSPS) is 17.5. The molecule has 2 aromatic carbocycles. The van der Waals surface area contributed by atoms with Crippen LogP contribution in [0.15, 0.2) is 54.6 Å². The number of benzene rings is 2. The third kappa shape index (κ3) is 4.57. The molecule has 0 spiro atoms. The van der Waals surface area contributed by atoms with Crippen LogP contribution < -0.4 is 15.1 Å². The van der Waals surface area contributed by atoms with Crippen molar-refractivity contribution in [1.82, 2.24) is 10.2 Å². The van der Waals surface area contributed by atoms with E-state index in [0.29, 0.717) is 6.54 Å². The van der Waals surface area contributed by atoms with Crippen molar-refractivity contribution < 1.29 is 9.53 Å². The molecule has 2 aromatic rings. The molecule has 2 aliphatic rings. The van der Waals surface area contributed by atoms with Crippen molar-refractivity contribution >= 4 is 17.4 Å². The Morgan fingerprint density at radius 3 is 2.07 bits per heavy atom. The number of hydrogen-bond donors (Lipinski definition) is 1. The lowest BCUT2D eigenvalue weighted by atomic mass is 10.2. The summed E-state index contributed by atoms with van der Waals surface area (Å²) in [6.45, 7) is 7.23. The third-order valence-electron chi connectivity index (χ3n) is 5.44. The van der Waals surface area contributed by atoms with Gasteiger partial charge in [-0.25, -0.2) is 4.79 Å². The molecule has 0 aromatic heterocycles. The molecule has 2 saturated heterocycles. The van der Waals surface area contributed by atoms with Crippen LogP contribution in [0.25, 0.3) is 0 Å². The fourth-order valence-electron chi connectivity index (χ4n) is 3.74. The maximum Gasteiger partial charge on any atom is 0.317 e. The first-order valence-corrected chi connectivity index (χ1v) is 10.0. The Morgan fingerprint density at radius 2 is 1.39 bits per heavy atom. The quantitative estimate of drug-likeness (QED) is 0.886. The van der Waals surface area contributed by atoms with Crippen molar-refractivity contribution in [2.75, 3.05) is 62.3 Å². The van der Waals surface area contributed by atoms with Gasteiger partial charge in [-0.05, 0) is 29.8 Å². The number of ether oxygens (including phenoxy) is 1. The molecule has 6 heteroatoms. The average Bonchev–Trinajstić information content (AvgIpc) is 2.79. The molecule has 0 bridgehead atoms. The molecule has 2 amide bonds. The number of carbonyl (C=O) groups excluding carboxylic acids is 1. The number of morpholine rings is 1. The van der Waals surface area contributed by atoms with Gasteiger partial charge in [0.1, 0.15) is 0 Å². The molecule has 0 saturated carbocycles. The molecule has 1 N–H and O–H groups in total. The summed E-state index contributed by atoms with van der Waals surface area (Å²) in [5.41, 5.74) is 3.56. The number of rotatable bonds is 4. The van der Waals surface area contributed by atoms with Gasteiger partial charge < -0.3 is 24.8 Å². The number of hydrogen-bond acceptors (Lipinski definition) is 4. The number of piperazine rings is 1. The number of para-hydroxylation sites is 1. The highest BCUT2D eigenvalue weighted by Crippen LogP contribution is 2.17. The zero-order valence-electron chi connectivity index (χ0n) is 16.2. The summed E-state index contributed by atoms with van der Waals surface area (Å²) in [5.74, 6) is 0. The van der Waals surface area contributed by atoms with Crippen LogP contribution in [0.5, 0.6) is 0 Å². The predicted octanol–water partition coefficient (Wildman–Crippen LogP) is 2.56. The Bertz CT molecular complexity index is 752. The fourth-order valence-corrected chi connectivity index (χ4v) is 3.74. The molecule has 0 aliphatic carbocycles. The lowest BCUT2D eigenvalue weighted by Crippen LogP contribution is -2.51. The minimum absolute atomic E-state index is 0.0185. The molecule has 28 heavy (non-hydrogen) atoms. The maximum atomic E-state index is 12.5. The van der Waals surface area contributed by atoms with Crippen LogP contribution in [-0.4, -0.2) is 63.4 Å². The molecule has 2 fully saturated rings. The van der Waals surface area contributed by atoms with E-state index in [2.05, 4.69) is 63.6 Å². The van der Waals surface area contributed by atoms with Crippen molar-refractivity contribution in [2.45, 2.75) is 6.54 Å². The predicted molar refractivity (Wildman–Crippen MR) is 112 cm³/mol. The molecule has 2 aliphatic heterocycles. The van der Waals surface area contributed by atoms with Crippen molar-refractivity contribution in [3.8, 4) is 0 Å². The molecule has 148 valence electrons. The summed E-state index contributed by atoms with van der Waals surface area (Å²) in [5, 5.41) is 3.06. The highest BCUT2D eigenvalue weighted by molar-refractivity contribution is 5.74. The first-order valence-electron chi connectivity index (χ1n) is 10.0. The van der Waals surface area contributed by atoms with E-state index in [1.54, 1.807) is 0 Å². The van der Waals surface area contributed by atoms with E-state index in [-0.39, 0.29) is 6.03 Å². The highest BCUT2D eigenvalue weighted by atomic mass is 16.5. The van der Waals surface area contributed by atoms with E-state index in [0.717, 1.165) is 58.0 Å². The van der Waals surface area contributed by atoms with Crippen LogP contribution in [0, 0.1) is 0 Å². The summed E-state index contributed by atoms with van der Waals surface area (Å²) in [4.78, 5) is 19.1. The van der Waals surface area contributed by atoms with E-state index >= 15 is 0 Å². The SMILES string of the molecule is O=C(NCc1ccc(N2CCOCC2)cc1)N1CCN(c2ccccc2)CC1. The Balaban J connectivity index is 1.23. The summed E-state index contributed by atoms with van der Waals surface area (Å²) >= 11 is 0. The zero-order valence-corrected chi connectivity index (χ0v) is 16.2. The summed E-state index contributed by atoms with van der Waals surface area (Å²) < 4.78 is 5.40. The van der Waals surface area contributed by atoms with Gasteiger partial charge in [-0.1, -0.05) is 30.3 Å². The van der Waals surface area contributed by atoms with E-state index in [1.165, 1.54) is 11.4 Å². The Hall–Kier alpha value is -2.73. The van der Waals surface area contributed by atoms with Crippen LogP contribution in [0.4, 0.5) is 16.2 Å². The maximum absolute atomic E-state index is 12.5. The number of anilines is 2. The zero-order chi connectivity index (χ0) is 19.2. The van der Waals surface area contributed by atoms with Gasteiger partial charge in [-0.15, -0.1) is 0 Å². The van der Waals surface area contributed by atoms with Crippen LogP contribution in [0.1, 0.15) is 5.56 Å². The minimum Gasteiger partial charge on any atom is -0.378 e. The number of carbonyl (C=O) groups is 1. The number of nitrogens with one attached hydrogen (secondary N) is 1. The first-order chi connectivity index (χ1) is 13.8. The fraction of sp³-hybridized carbons (Fsp3) is 0.409. The van der Waals surface area contributed by atoms with E-state index in [9.17, 15) is 4.79 Å². The summed E-state index contributed by atoms with van der Waals surface area (Å²) in [6, 6.07) is 18.9. The molecular weight excluding hydrogens is 352 g/mol. The van der Waals surface area contributed by atoms with Crippen molar-refractivity contribution in [1.29, 1.82) is 0 Å². The minimum atomic E-state index is 0.0185. The number of nitrogens with zero attached hydrogens (tertiary/aromatic N) is 3. The van der Waals surface area contributed by atoms with Gasteiger partial charge in [0.25, 0.3) is 0 Å². The topological polar surface area (TPSA) is 48.1 Å². The Kier molecular flexibility index (Phi) is 5.97. The van der Waals surface area contributed by atoms with Crippen molar-refractivity contribution in [3.63, 3.8) is 0 Å². The second-order valence-electron chi connectivity index (χ2n) is 7.23. The van der Waals surface area contributed by atoms with E-state index < -0.39 is 0 Å². The summed E-state index contributed by atoms with van der Waals surface area (Å²) in [6.07, 6.45) is 0. The second-order valence-corrected chi connectivity index (χ2v) is 7.23. The van der Waals surface area contributed by atoms with Gasteiger partial charge in [-0.3, -0.25) is 0 Å². The van der Waals surface area contributed by atoms with Gasteiger partial charge in [0.05, 0.1) is 13.2 Å². The Labute approximate surface area is 166 Å². The van der Waals surface area contributed by atoms with Crippen LogP contribution in [0.3, 0.4) is 0 Å². The molecular formula is C22H28N4O2. The average molecular weight is 380 g/mol. The molecule has 2 heterocycles. The molecule has 0 unspecified atom stereocenters. The van der Waals surface area contributed by atoms with E-state index in [1.807, 2.05) is 11.0 Å². The second kappa shape index (κ2) is 8.97. The van der Waals surface area contributed by atoms with E-state index in [4.69, 9.17) is 4.74 Å². The standard InChI is InChI=1S/C22H28N4O2/c27-22(26-12-10-24(11-13-26)20-4-2-1-3-5-20)23-18-19-6-8-21(9-7-19)25-14-16-28-17-15-25/h1-9H,10-18H2,(H,23,27). The van der Waals surface area contributed by atoms with Crippen molar-refractivity contribution in [3.05, 3.63) is 60.2 Å². The monoisotopic (exact) mass is 380 g/mol. The molecule has 0 radical (unpaired) electrons. The van der Waals surface area contributed by atoms with Gasteiger partial charge in [0, 0.05) is 57.2 Å². The van der Waals surface area contributed by atoms with Gasteiger partial charge in [-0.2, -0.15) is 0 Å². The van der Waals surface area contributed by atoms with Crippen LogP contribution >= 0.6 is 0 Å². The lowest BCUT2D eigenvalue weighted by molar-refractivity contribution is 0.122. The first kappa shape index (κ1) is 18.6. The molecule has 0 atom stereocenters.